The van der Waals surface area contributed by atoms with E-state index in [1.54, 1.807) is 19.2 Å². The fourth-order valence-electron chi connectivity index (χ4n) is 3.22. The third kappa shape index (κ3) is 4.23. The Balaban J connectivity index is 1.41. The third-order valence-electron chi connectivity index (χ3n) is 4.97. The van der Waals surface area contributed by atoms with E-state index in [1.807, 2.05) is 12.1 Å². The number of carbonyl (C=O) groups is 1. The lowest BCUT2D eigenvalue weighted by atomic mass is 10.1. The Morgan fingerprint density at radius 2 is 2.00 bits per heavy atom. The summed E-state index contributed by atoms with van der Waals surface area (Å²) < 4.78 is 39.4. The highest BCUT2D eigenvalue weighted by molar-refractivity contribution is 5.80. The van der Waals surface area contributed by atoms with Gasteiger partial charge in [0.25, 0.3) is 12.7 Å². The van der Waals surface area contributed by atoms with Crippen LogP contribution >= 0.6 is 0 Å². The van der Waals surface area contributed by atoms with E-state index in [0.29, 0.717) is 21.7 Å². The number of halogens is 3. The molecule has 2 unspecified atom stereocenters. The van der Waals surface area contributed by atoms with E-state index in [4.69, 9.17) is 0 Å². The quantitative estimate of drug-likeness (QED) is 0.650. The van der Waals surface area contributed by atoms with Crippen molar-refractivity contribution in [2.75, 3.05) is 0 Å². The average Bonchev–Trinajstić information content (AvgIpc) is 3.46. The number of rotatable bonds is 7. The first-order chi connectivity index (χ1) is 13.9. The zero-order valence-corrected chi connectivity index (χ0v) is 15.7. The van der Waals surface area contributed by atoms with Gasteiger partial charge < -0.3 is 5.32 Å². The minimum Gasteiger partial charge on any atom is -0.348 e. The number of nitrogens with zero attached hydrogens (tertiary/aromatic N) is 4. The second kappa shape index (κ2) is 7.81. The summed E-state index contributed by atoms with van der Waals surface area (Å²) in [5.74, 6) is 0.384. The van der Waals surface area contributed by atoms with E-state index in [1.165, 1.54) is 25.2 Å². The number of hydrogen-bond donors (Lipinski definition) is 1. The zero-order chi connectivity index (χ0) is 20.5. The van der Waals surface area contributed by atoms with Crippen LogP contribution in [0.4, 0.5) is 13.2 Å². The fraction of sp³-hybridized carbons (Fsp3) is 0.400. The maximum Gasteiger partial charge on any atom is 0.289 e. The molecule has 0 spiro atoms. The molecule has 152 valence electrons. The van der Waals surface area contributed by atoms with Gasteiger partial charge in [-0.2, -0.15) is 5.10 Å². The minimum absolute atomic E-state index is 0.168. The smallest absolute Gasteiger partial charge is 0.289 e. The normalized spacial score (nSPS) is 16.2. The third-order valence-corrected chi connectivity index (χ3v) is 4.97. The van der Waals surface area contributed by atoms with Crippen molar-refractivity contribution in [1.82, 2.24) is 25.1 Å². The summed E-state index contributed by atoms with van der Waals surface area (Å²) in [4.78, 5) is 20.9. The van der Waals surface area contributed by atoms with Crippen molar-refractivity contribution >= 4 is 16.8 Å². The van der Waals surface area contributed by atoms with Crippen molar-refractivity contribution in [2.45, 2.75) is 50.9 Å². The van der Waals surface area contributed by atoms with E-state index in [9.17, 15) is 18.0 Å². The number of hydrogen-bond acceptors (Lipinski definition) is 4. The van der Waals surface area contributed by atoms with Gasteiger partial charge in [0, 0.05) is 23.2 Å². The Bertz CT molecular complexity index is 1020. The zero-order valence-electron chi connectivity index (χ0n) is 15.7. The molecule has 6 nitrogen and oxygen atoms in total. The summed E-state index contributed by atoms with van der Waals surface area (Å²) in [6.07, 6.45) is 1.16. The first-order valence-electron chi connectivity index (χ1n) is 9.42. The Morgan fingerprint density at radius 3 is 2.66 bits per heavy atom. The first-order valence-corrected chi connectivity index (χ1v) is 9.42. The molecule has 3 aromatic heterocycles. The van der Waals surface area contributed by atoms with Gasteiger partial charge in [-0.05, 0) is 37.5 Å². The van der Waals surface area contributed by atoms with Crippen LogP contribution in [-0.2, 0) is 11.2 Å². The van der Waals surface area contributed by atoms with Gasteiger partial charge in [0.15, 0.2) is 0 Å². The van der Waals surface area contributed by atoms with Crippen LogP contribution in [0.2, 0.25) is 0 Å². The second-order valence-corrected chi connectivity index (χ2v) is 7.30. The minimum atomic E-state index is -3.18. The molecule has 2 atom stereocenters. The van der Waals surface area contributed by atoms with Crippen LogP contribution in [-0.4, -0.2) is 32.1 Å². The van der Waals surface area contributed by atoms with Crippen molar-refractivity contribution < 1.29 is 18.0 Å². The molecule has 3 aromatic rings. The van der Waals surface area contributed by atoms with E-state index in [-0.39, 0.29) is 17.8 Å². The number of amides is 1. The Hall–Kier alpha value is -2.97. The maximum absolute atomic E-state index is 13.6. The highest BCUT2D eigenvalue weighted by Gasteiger charge is 2.25. The number of nitrogens with one attached hydrogen (secondary N) is 1. The summed E-state index contributed by atoms with van der Waals surface area (Å²) in [7, 11) is 0. The molecule has 0 radical (unpaired) electrons. The molecule has 9 heteroatoms. The summed E-state index contributed by atoms with van der Waals surface area (Å²) in [6, 6.07) is 5.08. The standard InChI is InChI=1S/C20H20F3N5O/c1-11(27-18(29)6-12-2-5-15(24-8-12)13-3-4-13)16-7-14-9-26-28(17(14)10-25-16)20(23)19(21)22/h2,5,7-11,13,19-20H,3-4,6H2,1H3,(H,27,29). The molecular formula is C20H20F3N5O. The van der Waals surface area contributed by atoms with E-state index in [2.05, 4.69) is 20.4 Å². The molecule has 3 heterocycles. The molecule has 1 amide bonds. The highest BCUT2D eigenvalue weighted by atomic mass is 19.3. The van der Waals surface area contributed by atoms with Gasteiger partial charge in [0.1, 0.15) is 0 Å². The van der Waals surface area contributed by atoms with Gasteiger partial charge in [-0.25, -0.2) is 17.9 Å². The molecule has 1 aliphatic carbocycles. The van der Waals surface area contributed by atoms with Crippen molar-refractivity contribution in [1.29, 1.82) is 0 Å². The van der Waals surface area contributed by atoms with E-state index >= 15 is 0 Å². The number of aromatic nitrogens is 4. The summed E-state index contributed by atoms with van der Waals surface area (Å²) in [5, 5.41) is 7.01. The van der Waals surface area contributed by atoms with Gasteiger partial charge in [0.2, 0.25) is 5.91 Å². The van der Waals surface area contributed by atoms with Gasteiger partial charge in [0.05, 0.1) is 36.1 Å². The monoisotopic (exact) mass is 403 g/mol. The molecule has 0 bridgehead atoms. The average molecular weight is 403 g/mol. The van der Waals surface area contributed by atoms with Crippen molar-refractivity contribution in [2.24, 2.45) is 0 Å². The largest absolute Gasteiger partial charge is 0.348 e. The topological polar surface area (TPSA) is 72.7 Å². The molecular weight excluding hydrogens is 383 g/mol. The maximum atomic E-state index is 13.6. The fourth-order valence-corrected chi connectivity index (χ4v) is 3.22. The lowest BCUT2D eigenvalue weighted by Gasteiger charge is -2.14. The number of carbonyl (C=O) groups excluding carboxylic acids is 1. The van der Waals surface area contributed by atoms with Crippen LogP contribution in [0.5, 0.6) is 0 Å². The van der Waals surface area contributed by atoms with Crippen molar-refractivity contribution in [3.63, 3.8) is 0 Å². The predicted octanol–water partition coefficient (Wildman–Crippen LogP) is 3.86. The van der Waals surface area contributed by atoms with Crippen LogP contribution in [0.15, 0.2) is 36.8 Å². The predicted molar refractivity (Wildman–Crippen MR) is 100 cm³/mol. The second-order valence-electron chi connectivity index (χ2n) is 7.30. The summed E-state index contributed by atoms with van der Waals surface area (Å²) >= 11 is 0. The molecule has 1 N–H and O–H groups in total. The molecule has 0 aromatic carbocycles. The van der Waals surface area contributed by atoms with Gasteiger partial charge in [-0.1, -0.05) is 6.07 Å². The molecule has 0 saturated heterocycles. The van der Waals surface area contributed by atoms with Crippen LogP contribution in [0.1, 0.15) is 55.0 Å². The molecule has 1 saturated carbocycles. The molecule has 1 aliphatic rings. The molecule has 29 heavy (non-hydrogen) atoms. The lowest BCUT2D eigenvalue weighted by molar-refractivity contribution is -0.121. The van der Waals surface area contributed by atoms with Crippen molar-refractivity contribution in [3.05, 3.63) is 53.7 Å². The summed E-state index contributed by atoms with van der Waals surface area (Å²) in [6.45, 7) is 1.77. The molecule has 1 fully saturated rings. The summed E-state index contributed by atoms with van der Waals surface area (Å²) in [5.41, 5.74) is 2.59. The van der Waals surface area contributed by atoms with Gasteiger partial charge in [-0.3, -0.25) is 14.8 Å². The van der Waals surface area contributed by atoms with E-state index < -0.39 is 18.8 Å². The van der Waals surface area contributed by atoms with Gasteiger partial charge in [-0.15, -0.1) is 0 Å². The Morgan fingerprint density at radius 1 is 1.21 bits per heavy atom. The molecule has 0 aliphatic heterocycles. The van der Waals surface area contributed by atoms with Crippen LogP contribution < -0.4 is 5.32 Å². The Labute approximate surface area is 165 Å². The number of pyridine rings is 2. The first kappa shape index (κ1) is 19.4. The van der Waals surface area contributed by atoms with Gasteiger partial charge >= 0.3 is 0 Å². The molecule has 4 rings (SSSR count). The van der Waals surface area contributed by atoms with Crippen LogP contribution in [0, 0.1) is 0 Å². The lowest BCUT2D eigenvalue weighted by Crippen LogP contribution is -2.28. The number of fused-ring (bicyclic) bond motifs is 1. The number of alkyl halides is 3. The van der Waals surface area contributed by atoms with Crippen molar-refractivity contribution in [3.8, 4) is 0 Å². The van der Waals surface area contributed by atoms with Crippen LogP contribution in [0.25, 0.3) is 10.9 Å². The SMILES string of the molecule is CC(NC(=O)Cc1ccc(C2CC2)nc1)c1cc2cnn(C(F)C(F)F)c2cn1. The highest BCUT2D eigenvalue weighted by Crippen LogP contribution is 2.38. The Kier molecular flexibility index (Phi) is 5.21. The van der Waals surface area contributed by atoms with E-state index in [0.717, 1.165) is 11.3 Å². The van der Waals surface area contributed by atoms with Crippen LogP contribution in [0.3, 0.4) is 0 Å².